The topological polar surface area (TPSA) is 76.7 Å². The average molecular weight is 499 g/mol. The first-order chi connectivity index (χ1) is 17.0. The van der Waals surface area contributed by atoms with E-state index >= 15 is 0 Å². The van der Waals surface area contributed by atoms with Crippen LogP contribution < -0.4 is 5.63 Å². The van der Waals surface area contributed by atoms with Crippen LogP contribution in [0.5, 0.6) is 0 Å². The highest BCUT2D eigenvalue weighted by atomic mass is 16.5. The van der Waals surface area contributed by atoms with Crippen molar-refractivity contribution in [2.24, 2.45) is 40.4 Å². The van der Waals surface area contributed by atoms with Gasteiger partial charge in [-0.1, -0.05) is 34.6 Å². The molecular weight excluding hydrogens is 452 g/mol. The van der Waals surface area contributed by atoms with Gasteiger partial charge in [0.05, 0.1) is 17.8 Å². The molecule has 0 unspecified atom stereocenters. The van der Waals surface area contributed by atoms with Crippen molar-refractivity contribution in [1.29, 1.82) is 0 Å². The first kappa shape index (κ1) is 26.0. The van der Waals surface area contributed by atoms with E-state index in [9.17, 15) is 14.7 Å². The monoisotopic (exact) mass is 498 g/mol. The summed E-state index contributed by atoms with van der Waals surface area (Å²) in [6, 6.07) is 3.42. The van der Waals surface area contributed by atoms with Crippen LogP contribution in [0.4, 0.5) is 0 Å². The van der Waals surface area contributed by atoms with Crippen LogP contribution in [0.1, 0.15) is 110 Å². The summed E-state index contributed by atoms with van der Waals surface area (Å²) in [6.45, 7) is 11.1. The first-order valence-corrected chi connectivity index (χ1v) is 14.5. The summed E-state index contributed by atoms with van der Waals surface area (Å²) < 4.78 is 11.3. The van der Waals surface area contributed by atoms with Crippen molar-refractivity contribution in [3.8, 4) is 0 Å². The lowest BCUT2D eigenvalue weighted by molar-refractivity contribution is -0.208. The molecule has 0 radical (unpaired) electrons. The van der Waals surface area contributed by atoms with Crippen LogP contribution in [0, 0.1) is 40.4 Å². The molecule has 0 bridgehead atoms. The molecule has 0 aliphatic heterocycles. The lowest BCUT2D eigenvalue weighted by Crippen LogP contribution is -2.62. The SMILES string of the molecule is CC(C)C[C@H](C)C(=O)O[C@H]1CC[C@@]2(C)[C@H](CC[C@@H]3[C@@H]2CC[C@]2(C)[C@@H](c4ccc(=O)oc4)CC[C@]32O)C1. The van der Waals surface area contributed by atoms with E-state index in [-0.39, 0.29) is 40.4 Å². The number of carbonyl (C=O) groups excluding carboxylic acids is 1. The lowest BCUT2D eigenvalue weighted by atomic mass is 9.43. The van der Waals surface area contributed by atoms with Gasteiger partial charge in [0.2, 0.25) is 0 Å². The second kappa shape index (κ2) is 9.29. The van der Waals surface area contributed by atoms with E-state index in [0.29, 0.717) is 23.7 Å². The first-order valence-electron chi connectivity index (χ1n) is 14.5. The molecule has 1 aromatic heterocycles. The maximum atomic E-state index is 12.7. The quantitative estimate of drug-likeness (QED) is 0.471. The average Bonchev–Trinajstić information content (AvgIpc) is 3.10. The van der Waals surface area contributed by atoms with Crippen LogP contribution >= 0.6 is 0 Å². The number of fused-ring (bicyclic) bond motifs is 5. The molecular formula is C31H46O5. The minimum Gasteiger partial charge on any atom is -0.462 e. The lowest BCUT2D eigenvalue weighted by Gasteiger charge is -2.63. The molecule has 0 aromatic carbocycles. The molecule has 5 rings (SSSR count). The van der Waals surface area contributed by atoms with Gasteiger partial charge in [-0.05, 0) is 111 Å². The Bertz CT molecular complexity index is 1010. The van der Waals surface area contributed by atoms with Crippen molar-refractivity contribution in [3.05, 3.63) is 34.4 Å². The molecule has 0 amide bonds. The Kier molecular flexibility index (Phi) is 6.71. The number of hydrogen-bond donors (Lipinski definition) is 1. The van der Waals surface area contributed by atoms with Crippen LogP contribution in [-0.4, -0.2) is 22.8 Å². The van der Waals surface area contributed by atoms with Crippen molar-refractivity contribution in [2.45, 2.75) is 116 Å². The Morgan fingerprint density at radius 1 is 1.06 bits per heavy atom. The van der Waals surface area contributed by atoms with Gasteiger partial charge in [-0.15, -0.1) is 0 Å². The molecule has 0 spiro atoms. The summed E-state index contributed by atoms with van der Waals surface area (Å²) in [5.74, 6) is 2.04. The summed E-state index contributed by atoms with van der Waals surface area (Å²) >= 11 is 0. The summed E-state index contributed by atoms with van der Waals surface area (Å²) in [5.41, 5.74) is 0.0594. The molecule has 0 saturated heterocycles. The van der Waals surface area contributed by atoms with E-state index < -0.39 is 5.60 Å². The fourth-order valence-corrected chi connectivity index (χ4v) is 9.48. The minimum absolute atomic E-state index is 0.0255. The van der Waals surface area contributed by atoms with Crippen molar-refractivity contribution in [1.82, 2.24) is 0 Å². The highest BCUT2D eigenvalue weighted by Crippen LogP contribution is 2.70. The predicted octanol–water partition coefficient (Wildman–Crippen LogP) is 6.48. The van der Waals surface area contributed by atoms with E-state index in [0.717, 1.165) is 69.8 Å². The Labute approximate surface area is 216 Å². The Morgan fingerprint density at radius 3 is 2.53 bits per heavy atom. The van der Waals surface area contributed by atoms with Crippen molar-refractivity contribution >= 4 is 5.97 Å². The summed E-state index contributed by atoms with van der Waals surface area (Å²) in [4.78, 5) is 24.2. The van der Waals surface area contributed by atoms with E-state index in [4.69, 9.17) is 9.15 Å². The third-order valence-corrected chi connectivity index (χ3v) is 11.4. The highest BCUT2D eigenvalue weighted by Gasteiger charge is 2.67. The second-order valence-corrected chi connectivity index (χ2v) is 13.7. The Hall–Kier alpha value is -1.62. The normalized spacial score (nSPS) is 42.8. The zero-order valence-electron chi connectivity index (χ0n) is 22.9. The van der Waals surface area contributed by atoms with E-state index in [1.807, 2.05) is 13.0 Å². The number of aliphatic hydroxyl groups is 1. The van der Waals surface area contributed by atoms with Crippen LogP contribution in [-0.2, 0) is 9.53 Å². The van der Waals surface area contributed by atoms with Crippen molar-refractivity contribution in [3.63, 3.8) is 0 Å². The smallest absolute Gasteiger partial charge is 0.335 e. The van der Waals surface area contributed by atoms with Gasteiger partial charge >= 0.3 is 11.6 Å². The number of rotatable bonds is 5. The standard InChI is InChI=1S/C31H46O5/c1-19(2)16-20(3)28(33)36-23-10-13-29(4)22(17-23)7-8-26-25(29)11-14-30(5)24(12-15-31(26,30)34)21-6-9-27(32)35-18-21/h6,9,18-20,22-26,34H,7-8,10-17H2,1-5H3/t20-,22+,23-,24+,25-,26+,29-,30+,31-/m0/s1. The predicted molar refractivity (Wildman–Crippen MR) is 139 cm³/mol. The van der Waals surface area contributed by atoms with Gasteiger partial charge in [-0.2, -0.15) is 0 Å². The van der Waals surface area contributed by atoms with Crippen molar-refractivity contribution < 1.29 is 19.1 Å². The fraction of sp³-hybridized carbons (Fsp3) is 0.806. The molecule has 1 N–H and O–H groups in total. The maximum absolute atomic E-state index is 12.7. The third kappa shape index (κ3) is 4.08. The molecule has 4 aliphatic rings. The van der Waals surface area contributed by atoms with Gasteiger partial charge in [0.1, 0.15) is 6.10 Å². The summed E-state index contributed by atoms with van der Waals surface area (Å²) in [5, 5.41) is 12.4. The molecule has 9 atom stereocenters. The number of carbonyl (C=O) groups is 1. The molecule has 5 nitrogen and oxygen atoms in total. The zero-order chi connectivity index (χ0) is 25.9. The molecule has 4 fully saturated rings. The molecule has 1 aromatic rings. The van der Waals surface area contributed by atoms with Gasteiger partial charge in [0.25, 0.3) is 0 Å². The highest BCUT2D eigenvalue weighted by molar-refractivity contribution is 5.72. The van der Waals surface area contributed by atoms with Crippen LogP contribution in [0.25, 0.3) is 0 Å². The molecule has 4 saturated carbocycles. The largest absolute Gasteiger partial charge is 0.462 e. The van der Waals surface area contributed by atoms with Gasteiger partial charge < -0.3 is 14.3 Å². The number of ether oxygens (including phenoxy) is 1. The Morgan fingerprint density at radius 2 is 1.83 bits per heavy atom. The summed E-state index contributed by atoms with van der Waals surface area (Å²) in [6.07, 6.45) is 11.6. The van der Waals surface area contributed by atoms with Crippen LogP contribution in [0.2, 0.25) is 0 Å². The van der Waals surface area contributed by atoms with E-state index in [1.165, 1.54) is 6.07 Å². The van der Waals surface area contributed by atoms with Crippen LogP contribution in [0.15, 0.2) is 27.6 Å². The molecule has 5 heteroatoms. The Balaban J connectivity index is 1.30. The summed E-state index contributed by atoms with van der Waals surface area (Å²) in [7, 11) is 0. The zero-order valence-corrected chi connectivity index (χ0v) is 22.9. The molecule has 36 heavy (non-hydrogen) atoms. The van der Waals surface area contributed by atoms with Crippen LogP contribution in [0.3, 0.4) is 0 Å². The van der Waals surface area contributed by atoms with Crippen molar-refractivity contribution in [2.75, 3.05) is 0 Å². The van der Waals surface area contributed by atoms with Gasteiger partial charge in [0, 0.05) is 11.5 Å². The van der Waals surface area contributed by atoms with Gasteiger partial charge in [0.15, 0.2) is 0 Å². The minimum atomic E-state index is -0.680. The third-order valence-electron chi connectivity index (χ3n) is 11.4. The molecule has 1 heterocycles. The van der Waals surface area contributed by atoms with Gasteiger partial charge in [-0.25, -0.2) is 4.79 Å². The van der Waals surface area contributed by atoms with E-state index in [2.05, 4.69) is 27.7 Å². The maximum Gasteiger partial charge on any atom is 0.335 e. The number of esters is 1. The second-order valence-electron chi connectivity index (χ2n) is 13.7. The van der Waals surface area contributed by atoms with Gasteiger partial charge in [-0.3, -0.25) is 4.79 Å². The fourth-order valence-electron chi connectivity index (χ4n) is 9.48. The molecule has 200 valence electrons. The molecule has 4 aliphatic carbocycles. The van der Waals surface area contributed by atoms with E-state index in [1.54, 1.807) is 6.26 Å². The number of hydrogen-bond acceptors (Lipinski definition) is 5.